The molecular formula is C44H52F3N7O7S. The number of piperazine rings is 1. The molecule has 0 radical (unpaired) electrons. The number of pyridine rings is 1. The van der Waals surface area contributed by atoms with Gasteiger partial charge in [0.25, 0.3) is 21.6 Å². The average molecular weight is 880 g/mol. The molecule has 1 amide bonds. The van der Waals surface area contributed by atoms with Gasteiger partial charge in [0.15, 0.2) is 0 Å². The minimum Gasteiger partial charge on any atom is -0.455 e. The first-order valence-electron chi connectivity index (χ1n) is 21.2. The maximum absolute atomic E-state index is 13.9. The number of alkyl halides is 3. The van der Waals surface area contributed by atoms with Crippen molar-refractivity contribution < 1.29 is 40.8 Å². The lowest BCUT2D eigenvalue weighted by atomic mass is 9.63. The highest BCUT2D eigenvalue weighted by Crippen LogP contribution is 2.53. The molecule has 2 aromatic carbocycles. The first kappa shape index (κ1) is 43.4. The van der Waals surface area contributed by atoms with Crippen molar-refractivity contribution in [1.82, 2.24) is 19.6 Å². The molecule has 3 N–H and O–H groups in total. The van der Waals surface area contributed by atoms with Gasteiger partial charge in [0.2, 0.25) is 0 Å². The van der Waals surface area contributed by atoms with Crippen LogP contribution >= 0.6 is 0 Å². The quantitative estimate of drug-likeness (QED) is 0.0669. The molecule has 0 spiro atoms. The van der Waals surface area contributed by atoms with Gasteiger partial charge in [-0.15, -0.1) is 0 Å². The molecule has 2 saturated heterocycles. The summed E-state index contributed by atoms with van der Waals surface area (Å²) in [6.45, 7) is 9.47. The molecule has 18 heteroatoms. The number of nitro benzene ring substituents is 1. The van der Waals surface area contributed by atoms with Crippen LogP contribution in [0.5, 0.6) is 11.5 Å². The lowest BCUT2D eigenvalue weighted by Gasteiger charge is -2.45. The van der Waals surface area contributed by atoms with Crippen molar-refractivity contribution in [3.8, 4) is 11.5 Å². The number of aromatic nitrogens is 2. The third-order valence-electron chi connectivity index (χ3n) is 12.9. The number of rotatable bonds is 13. The Bertz CT molecular complexity index is 2450. The van der Waals surface area contributed by atoms with E-state index in [1.165, 1.54) is 35.5 Å². The maximum atomic E-state index is 13.9. The van der Waals surface area contributed by atoms with Crippen molar-refractivity contribution in [2.24, 2.45) is 23.2 Å². The van der Waals surface area contributed by atoms with Crippen LogP contribution < -0.4 is 19.7 Å². The van der Waals surface area contributed by atoms with Gasteiger partial charge in [-0.3, -0.25) is 19.8 Å². The van der Waals surface area contributed by atoms with Gasteiger partial charge < -0.3 is 24.7 Å². The van der Waals surface area contributed by atoms with Crippen LogP contribution in [-0.4, -0.2) is 92.8 Å². The molecule has 2 aliphatic carbocycles. The van der Waals surface area contributed by atoms with E-state index in [0.29, 0.717) is 57.3 Å². The second-order valence-electron chi connectivity index (χ2n) is 17.8. The molecule has 0 atom stereocenters. The summed E-state index contributed by atoms with van der Waals surface area (Å²) in [7, 11) is -4.59. The number of carbonyl (C=O) groups is 1. The van der Waals surface area contributed by atoms with E-state index in [1.54, 1.807) is 24.4 Å². The Kier molecular flexibility index (Phi) is 12.3. The number of ether oxygens (including phenoxy) is 2. The van der Waals surface area contributed by atoms with Gasteiger partial charge >= 0.3 is 6.18 Å². The van der Waals surface area contributed by atoms with Crippen LogP contribution in [0.15, 0.2) is 77.0 Å². The molecule has 4 heterocycles. The van der Waals surface area contributed by atoms with Crippen molar-refractivity contribution in [3.63, 3.8) is 0 Å². The smallest absolute Gasteiger partial charge is 0.391 e. The number of hydrogen-bond acceptors (Lipinski definition) is 11. The van der Waals surface area contributed by atoms with Gasteiger partial charge in [-0.1, -0.05) is 25.0 Å². The first-order chi connectivity index (χ1) is 29.5. The third-order valence-corrected chi connectivity index (χ3v) is 14.2. The van der Waals surface area contributed by atoms with Gasteiger partial charge in [-0.2, -0.15) is 13.2 Å². The van der Waals surface area contributed by atoms with E-state index in [0.717, 1.165) is 55.8 Å². The summed E-state index contributed by atoms with van der Waals surface area (Å²) in [5.41, 5.74) is 3.58. The number of aromatic amines is 1. The number of H-pyrrole nitrogens is 1. The van der Waals surface area contributed by atoms with E-state index in [9.17, 15) is 36.5 Å². The summed E-state index contributed by atoms with van der Waals surface area (Å²) in [5.74, 6) is -1.58. The predicted molar refractivity (Wildman–Crippen MR) is 228 cm³/mol. The molecule has 62 heavy (non-hydrogen) atoms. The van der Waals surface area contributed by atoms with Crippen LogP contribution in [0.3, 0.4) is 0 Å². The fraction of sp³-hybridized carbons (Fsp3) is 0.500. The SMILES string of the molecule is CC1(C)CCC(CN2CCN(c3ccc(C(=O)NS(=O)(=O)c4ccc(NCC5CCOCC5)c([N+](=O)[O-])c4)c(Oc4cnc5[nH]ccc5c4)c3)CC2)=C(C2CC(C(F)(F)F)C2)C1. The molecule has 1 saturated carbocycles. The molecule has 4 aromatic rings. The summed E-state index contributed by atoms with van der Waals surface area (Å²) in [6, 6.07) is 11.9. The zero-order valence-corrected chi connectivity index (χ0v) is 35.6. The Morgan fingerprint density at radius 3 is 2.55 bits per heavy atom. The minimum atomic E-state index is -4.59. The van der Waals surface area contributed by atoms with Gasteiger partial charge in [0, 0.05) is 81.9 Å². The molecule has 14 nitrogen and oxygen atoms in total. The number of anilines is 2. The monoisotopic (exact) mass is 879 g/mol. The van der Waals surface area contributed by atoms with Crippen molar-refractivity contribution in [2.45, 2.75) is 69.9 Å². The maximum Gasteiger partial charge on any atom is 0.391 e. The summed E-state index contributed by atoms with van der Waals surface area (Å²) >= 11 is 0. The Hall–Kier alpha value is -5.20. The lowest BCUT2D eigenvalue weighted by Crippen LogP contribution is -2.47. The number of amides is 1. The number of carbonyl (C=O) groups excluding carboxylic acids is 1. The van der Waals surface area contributed by atoms with Gasteiger partial charge in [0.05, 0.1) is 27.5 Å². The topological polar surface area (TPSA) is 172 Å². The average Bonchev–Trinajstić information content (AvgIpc) is 3.68. The van der Waals surface area contributed by atoms with Gasteiger partial charge in [-0.25, -0.2) is 18.1 Å². The van der Waals surface area contributed by atoms with E-state index in [4.69, 9.17) is 9.47 Å². The molecular weight excluding hydrogens is 828 g/mol. The molecule has 332 valence electrons. The summed E-state index contributed by atoms with van der Waals surface area (Å²) in [6.07, 6.45) is 3.75. The Morgan fingerprint density at radius 2 is 1.82 bits per heavy atom. The van der Waals surface area contributed by atoms with Crippen molar-refractivity contribution in [2.75, 3.05) is 62.7 Å². The standard InChI is InChI=1S/C44H52F3N7O7S/c1-43(2)11-7-30(37(24-43)31-19-32(20-31)44(45,46)47)27-52-13-15-53(16-14-52)33-3-5-36(40(22-33)61-34-21-29-8-12-48-41(29)50-26-34)42(55)51-62(58,59)35-4-6-38(39(23-35)54(56)57)49-25-28-9-17-60-18-10-28/h3-6,8,12,21-23,26,28,31-32,49H,7,9-11,13-20,24-25,27H2,1-2H3,(H,48,50)(H,51,55). The number of allylic oxidation sites excluding steroid dienone is 1. The predicted octanol–water partition coefficient (Wildman–Crippen LogP) is 8.44. The van der Waals surface area contributed by atoms with E-state index >= 15 is 0 Å². The minimum absolute atomic E-state index is 0.0108. The van der Waals surface area contributed by atoms with Crippen LogP contribution in [0.25, 0.3) is 11.0 Å². The van der Waals surface area contributed by atoms with Crippen molar-refractivity contribution >= 4 is 44.0 Å². The highest BCUT2D eigenvalue weighted by molar-refractivity contribution is 7.90. The largest absolute Gasteiger partial charge is 0.455 e. The van der Waals surface area contributed by atoms with E-state index in [-0.39, 0.29) is 47.1 Å². The number of halogens is 3. The first-order valence-corrected chi connectivity index (χ1v) is 22.7. The Morgan fingerprint density at radius 1 is 1.06 bits per heavy atom. The molecule has 0 bridgehead atoms. The van der Waals surface area contributed by atoms with Crippen LogP contribution in [-0.2, 0) is 14.8 Å². The van der Waals surface area contributed by atoms with Crippen LogP contribution in [0.2, 0.25) is 0 Å². The number of fused-ring (bicyclic) bond motifs is 1. The lowest BCUT2D eigenvalue weighted by molar-refractivity contribution is -0.384. The summed E-state index contributed by atoms with van der Waals surface area (Å²) in [5, 5.41) is 15.9. The molecule has 0 unspecified atom stereocenters. The van der Waals surface area contributed by atoms with Gasteiger partial charge in [-0.05, 0) is 98.6 Å². The second kappa shape index (κ2) is 17.5. The highest BCUT2D eigenvalue weighted by atomic mass is 32.2. The number of nitrogens with zero attached hydrogens (tertiary/aromatic N) is 4. The second-order valence-corrected chi connectivity index (χ2v) is 19.5. The zero-order valence-electron chi connectivity index (χ0n) is 34.8. The fourth-order valence-electron chi connectivity index (χ4n) is 9.10. The van der Waals surface area contributed by atoms with Crippen molar-refractivity contribution in [1.29, 1.82) is 0 Å². The van der Waals surface area contributed by atoms with Crippen LogP contribution in [0.4, 0.5) is 30.2 Å². The molecule has 8 rings (SSSR count). The van der Waals surface area contributed by atoms with Crippen LogP contribution in [0.1, 0.15) is 69.2 Å². The zero-order chi connectivity index (χ0) is 43.8. The highest BCUT2D eigenvalue weighted by Gasteiger charge is 2.50. The summed E-state index contributed by atoms with van der Waals surface area (Å²) < 4.78 is 81.3. The Labute approximate surface area is 358 Å². The number of nitrogens with one attached hydrogen (secondary N) is 3. The third kappa shape index (κ3) is 9.87. The molecule has 3 fully saturated rings. The summed E-state index contributed by atoms with van der Waals surface area (Å²) in [4.78, 5) is 36.7. The van der Waals surface area contributed by atoms with Crippen LogP contribution in [0, 0.1) is 33.3 Å². The number of benzene rings is 2. The molecule has 2 aromatic heterocycles. The van der Waals surface area contributed by atoms with E-state index in [2.05, 4.69) is 43.7 Å². The molecule has 4 aliphatic rings. The normalized spacial score (nSPS) is 21.4. The number of hydrogen-bond donors (Lipinski definition) is 3. The fourth-order valence-corrected chi connectivity index (χ4v) is 10.1. The van der Waals surface area contributed by atoms with Crippen molar-refractivity contribution in [3.05, 3.63) is 87.7 Å². The molecule has 2 aliphatic heterocycles. The van der Waals surface area contributed by atoms with E-state index < -0.39 is 43.5 Å². The Balaban J connectivity index is 0.986. The number of sulfonamides is 1. The van der Waals surface area contributed by atoms with Gasteiger partial charge in [0.1, 0.15) is 22.8 Å². The van der Waals surface area contributed by atoms with E-state index in [1.807, 2.05) is 6.07 Å². The number of nitro groups is 1.